The SMILES string of the molecule is CN(C1(N)CCCCC1)C(CO)(CO)CO. The number of hydrogen-bond donors (Lipinski definition) is 4. The number of nitrogens with zero attached hydrogens (tertiary/aromatic N) is 1. The number of nitrogens with two attached hydrogens (primary N) is 1. The van der Waals surface area contributed by atoms with E-state index >= 15 is 0 Å². The molecule has 5 heteroatoms. The van der Waals surface area contributed by atoms with Gasteiger partial charge >= 0.3 is 0 Å². The third-order valence-electron chi connectivity index (χ3n) is 3.98. The van der Waals surface area contributed by atoms with Gasteiger partial charge < -0.3 is 21.1 Å². The molecule has 0 aliphatic heterocycles. The van der Waals surface area contributed by atoms with Crippen LogP contribution in [0, 0.1) is 0 Å². The highest BCUT2D eigenvalue weighted by Gasteiger charge is 2.43. The maximum Gasteiger partial charge on any atom is 0.0918 e. The van der Waals surface area contributed by atoms with Crippen molar-refractivity contribution in [2.75, 3.05) is 26.9 Å². The molecular formula is C11H24N2O3. The van der Waals surface area contributed by atoms with Gasteiger partial charge in [-0.1, -0.05) is 19.3 Å². The van der Waals surface area contributed by atoms with E-state index in [1.165, 1.54) is 6.42 Å². The number of likely N-dealkylation sites (N-methyl/N-ethyl adjacent to an activating group) is 1. The summed E-state index contributed by atoms with van der Waals surface area (Å²) in [6, 6.07) is 0. The molecule has 0 saturated heterocycles. The first-order valence-electron chi connectivity index (χ1n) is 5.90. The monoisotopic (exact) mass is 232 g/mol. The molecule has 0 bridgehead atoms. The van der Waals surface area contributed by atoms with Crippen molar-refractivity contribution in [2.24, 2.45) is 5.73 Å². The van der Waals surface area contributed by atoms with E-state index in [2.05, 4.69) is 0 Å². The lowest BCUT2D eigenvalue weighted by Crippen LogP contribution is -2.68. The van der Waals surface area contributed by atoms with Crippen LogP contribution in [0.1, 0.15) is 32.1 Å². The highest BCUT2D eigenvalue weighted by Crippen LogP contribution is 2.32. The van der Waals surface area contributed by atoms with Gasteiger partial charge in [-0.3, -0.25) is 4.90 Å². The van der Waals surface area contributed by atoms with E-state index in [9.17, 15) is 15.3 Å². The van der Waals surface area contributed by atoms with Crippen LogP contribution in [0.25, 0.3) is 0 Å². The highest BCUT2D eigenvalue weighted by atomic mass is 16.3. The topological polar surface area (TPSA) is 90.0 Å². The van der Waals surface area contributed by atoms with Gasteiger partial charge in [0.05, 0.1) is 31.0 Å². The molecular weight excluding hydrogens is 208 g/mol. The molecule has 1 rings (SSSR count). The summed E-state index contributed by atoms with van der Waals surface area (Å²) < 4.78 is 0. The Morgan fingerprint density at radius 1 is 1.06 bits per heavy atom. The summed E-state index contributed by atoms with van der Waals surface area (Å²) in [4.78, 5) is 1.76. The summed E-state index contributed by atoms with van der Waals surface area (Å²) in [7, 11) is 1.77. The van der Waals surface area contributed by atoms with E-state index in [1.807, 2.05) is 0 Å². The minimum absolute atomic E-state index is 0.296. The zero-order valence-electron chi connectivity index (χ0n) is 10.0. The predicted octanol–water partition coefficient (Wildman–Crippen LogP) is -0.747. The first-order valence-corrected chi connectivity index (χ1v) is 5.90. The van der Waals surface area contributed by atoms with E-state index in [1.54, 1.807) is 11.9 Å². The van der Waals surface area contributed by atoms with Gasteiger partial charge in [0, 0.05) is 0 Å². The van der Waals surface area contributed by atoms with Gasteiger partial charge in [-0.05, 0) is 19.9 Å². The van der Waals surface area contributed by atoms with E-state index in [-0.39, 0.29) is 19.8 Å². The molecule has 0 spiro atoms. The number of hydrogen-bond acceptors (Lipinski definition) is 5. The number of aliphatic hydroxyl groups excluding tert-OH is 3. The Kier molecular flexibility index (Phi) is 4.70. The average Bonchev–Trinajstić information content (AvgIpc) is 2.33. The summed E-state index contributed by atoms with van der Waals surface area (Å²) in [6.07, 6.45) is 4.96. The van der Waals surface area contributed by atoms with Crippen LogP contribution in [0.5, 0.6) is 0 Å². The van der Waals surface area contributed by atoms with Crippen molar-refractivity contribution in [3.8, 4) is 0 Å². The Hall–Kier alpha value is -0.200. The van der Waals surface area contributed by atoms with Gasteiger partial charge in [0.15, 0.2) is 0 Å². The van der Waals surface area contributed by atoms with Gasteiger partial charge in [0.2, 0.25) is 0 Å². The van der Waals surface area contributed by atoms with Crippen LogP contribution in [-0.4, -0.2) is 58.3 Å². The fourth-order valence-corrected chi connectivity index (χ4v) is 2.44. The molecule has 0 radical (unpaired) electrons. The lowest BCUT2D eigenvalue weighted by atomic mass is 9.85. The third kappa shape index (κ3) is 2.38. The molecule has 1 aliphatic carbocycles. The summed E-state index contributed by atoms with van der Waals surface area (Å²) in [5.41, 5.74) is 4.76. The van der Waals surface area contributed by atoms with Crippen molar-refractivity contribution in [1.29, 1.82) is 0 Å². The molecule has 0 aromatic rings. The van der Waals surface area contributed by atoms with Crippen LogP contribution in [0.4, 0.5) is 0 Å². The lowest BCUT2D eigenvalue weighted by Gasteiger charge is -2.50. The third-order valence-corrected chi connectivity index (χ3v) is 3.98. The van der Waals surface area contributed by atoms with Crippen molar-refractivity contribution < 1.29 is 15.3 Å². The number of aliphatic hydroxyl groups is 3. The van der Waals surface area contributed by atoms with Crippen molar-refractivity contribution in [3.05, 3.63) is 0 Å². The smallest absolute Gasteiger partial charge is 0.0918 e. The van der Waals surface area contributed by atoms with Crippen molar-refractivity contribution in [3.63, 3.8) is 0 Å². The van der Waals surface area contributed by atoms with E-state index in [0.29, 0.717) is 0 Å². The quantitative estimate of drug-likeness (QED) is 0.468. The van der Waals surface area contributed by atoms with Gasteiger partial charge in [0.1, 0.15) is 0 Å². The summed E-state index contributed by atoms with van der Waals surface area (Å²) in [5.74, 6) is 0. The molecule has 0 unspecified atom stereocenters. The minimum atomic E-state index is -1.02. The van der Waals surface area contributed by atoms with E-state index in [0.717, 1.165) is 25.7 Å². The summed E-state index contributed by atoms with van der Waals surface area (Å²) in [6.45, 7) is -0.889. The molecule has 5 nitrogen and oxygen atoms in total. The minimum Gasteiger partial charge on any atom is -0.394 e. The summed E-state index contributed by atoms with van der Waals surface area (Å²) >= 11 is 0. The molecule has 0 atom stereocenters. The average molecular weight is 232 g/mol. The molecule has 1 fully saturated rings. The fourth-order valence-electron chi connectivity index (χ4n) is 2.44. The molecule has 5 N–H and O–H groups in total. The second kappa shape index (κ2) is 5.42. The molecule has 0 aromatic carbocycles. The van der Waals surface area contributed by atoms with Crippen LogP contribution in [0.3, 0.4) is 0 Å². The van der Waals surface area contributed by atoms with Crippen LogP contribution in [-0.2, 0) is 0 Å². The van der Waals surface area contributed by atoms with Crippen molar-refractivity contribution in [1.82, 2.24) is 4.90 Å². The molecule has 1 saturated carbocycles. The zero-order chi connectivity index (χ0) is 12.2. The van der Waals surface area contributed by atoms with E-state index in [4.69, 9.17) is 5.73 Å². The first kappa shape index (κ1) is 13.9. The Labute approximate surface area is 96.9 Å². The second-order valence-electron chi connectivity index (χ2n) is 4.92. The lowest BCUT2D eigenvalue weighted by molar-refractivity contribution is -0.0960. The fraction of sp³-hybridized carbons (Fsp3) is 1.00. The zero-order valence-corrected chi connectivity index (χ0v) is 10.0. The Balaban J connectivity index is 2.83. The van der Waals surface area contributed by atoms with Crippen molar-refractivity contribution in [2.45, 2.75) is 43.3 Å². The molecule has 0 amide bonds. The van der Waals surface area contributed by atoms with E-state index < -0.39 is 11.2 Å². The second-order valence-corrected chi connectivity index (χ2v) is 4.92. The number of rotatable bonds is 5. The maximum absolute atomic E-state index is 9.37. The van der Waals surface area contributed by atoms with Crippen molar-refractivity contribution >= 4 is 0 Å². The normalized spacial score (nSPS) is 21.4. The molecule has 0 heterocycles. The largest absolute Gasteiger partial charge is 0.394 e. The highest BCUT2D eigenvalue weighted by molar-refractivity contribution is 4.97. The van der Waals surface area contributed by atoms with Gasteiger partial charge in [-0.2, -0.15) is 0 Å². The molecule has 96 valence electrons. The first-order chi connectivity index (χ1) is 7.54. The van der Waals surface area contributed by atoms with Gasteiger partial charge in [0.25, 0.3) is 0 Å². The Bertz CT molecular complexity index is 205. The van der Waals surface area contributed by atoms with Gasteiger partial charge in [-0.15, -0.1) is 0 Å². The van der Waals surface area contributed by atoms with Crippen LogP contribution in [0.2, 0.25) is 0 Å². The molecule has 16 heavy (non-hydrogen) atoms. The standard InChI is InChI=1S/C11H24N2O3/c1-13(10(7-14,8-15)9-16)11(12)5-3-2-4-6-11/h14-16H,2-9,12H2,1H3. The van der Waals surface area contributed by atoms with Crippen LogP contribution >= 0.6 is 0 Å². The molecule has 1 aliphatic rings. The van der Waals surface area contributed by atoms with Crippen LogP contribution in [0.15, 0.2) is 0 Å². The predicted molar refractivity (Wildman–Crippen MR) is 61.8 cm³/mol. The van der Waals surface area contributed by atoms with Crippen LogP contribution < -0.4 is 5.73 Å². The maximum atomic E-state index is 9.37. The summed E-state index contributed by atoms with van der Waals surface area (Å²) in [5, 5.41) is 28.1. The molecule has 0 aromatic heterocycles. The van der Waals surface area contributed by atoms with Gasteiger partial charge in [-0.25, -0.2) is 0 Å². The Morgan fingerprint density at radius 2 is 1.50 bits per heavy atom. The Morgan fingerprint density at radius 3 is 1.88 bits per heavy atom.